The Hall–Kier alpha value is -2.87. The molecule has 0 bridgehead atoms. The zero-order chi connectivity index (χ0) is 24.7. The van der Waals surface area contributed by atoms with Crippen LogP contribution in [0.3, 0.4) is 0 Å². The van der Waals surface area contributed by atoms with Gasteiger partial charge < -0.3 is 20.5 Å². The Morgan fingerprint density at radius 1 is 1.18 bits per heavy atom. The third kappa shape index (κ3) is 6.38. The number of ether oxygens (including phenoxy) is 2. The molecule has 6 nitrogen and oxygen atoms in total. The highest BCUT2D eigenvalue weighted by Gasteiger charge is 2.20. The molecule has 1 heterocycles. The average molecular weight is 506 g/mol. The van der Waals surface area contributed by atoms with Crippen molar-refractivity contribution in [1.82, 2.24) is 10.3 Å². The van der Waals surface area contributed by atoms with E-state index in [2.05, 4.69) is 10.3 Å². The van der Waals surface area contributed by atoms with Crippen LogP contribution in [0.25, 0.3) is 11.1 Å². The van der Waals surface area contributed by atoms with Gasteiger partial charge in [0.25, 0.3) is 5.91 Å². The molecule has 3 aromatic rings. The number of benzene rings is 2. The van der Waals surface area contributed by atoms with Crippen LogP contribution in [0.15, 0.2) is 48.7 Å². The van der Waals surface area contributed by atoms with E-state index in [0.29, 0.717) is 36.6 Å². The van der Waals surface area contributed by atoms with Crippen molar-refractivity contribution in [2.24, 2.45) is 0 Å². The van der Waals surface area contributed by atoms with Gasteiger partial charge in [0.15, 0.2) is 11.6 Å². The molecule has 3 N–H and O–H groups in total. The lowest BCUT2D eigenvalue weighted by Gasteiger charge is -2.19. The van der Waals surface area contributed by atoms with Crippen LogP contribution >= 0.6 is 23.2 Å². The highest BCUT2D eigenvalue weighted by Crippen LogP contribution is 2.37. The minimum atomic E-state index is -0.677. The fourth-order valence-corrected chi connectivity index (χ4v) is 3.99. The van der Waals surface area contributed by atoms with Crippen LogP contribution in [0.2, 0.25) is 10.0 Å². The molecule has 0 saturated carbocycles. The molecule has 0 spiro atoms. The van der Waals surface area contributed by atoms with Gasteiger partial charge in [0, 0.05) is 47.7 Å². The van der Waals surface area contributed by atoms with Gasteiger partial charge in [0.1, 0.15) is 11.9 Å². The van der Waals surface area contributed by atoms with E-state index >= 15 is 0 Å². The number of nitrogen functional groups attached to an aromatic ring is 1. The molecule has 0 aliphatic carbocycles. The first kappa shape index (κ1) is 25.7. The summed E-state index contributed by atoms with van der Waals surface area (Å²) in [6.07, 6.45) is 1.68. The Bertz CT molecular complexity index is 1140. The maximum Gasteiger partial charge on any atom is 0.251 e. The minimum absolute atomic E-state index is 0.102. The summed E-state index contributed by atoms with van der Waals surface area (Å²) in [6.45, 7) is 5.44. The van der Waals surface area contributed by atoms with Crippen molar-refractivity contribution in [2.45, 2.75) is 26.4 Å². The van der Waals surface area contributed by atoms with Crippen molar-refractivity contribution in [2.75, 3.05) is 25.5 Å². The molecule has 9 heteroatoms. The molecule has 1 amide bonds. The van der Waals surface area contributed by atoms with Crippen LogP contribution in [-0.2, 0) is 4.74 Å². The third-order valence-electron chi connectivity index (χ3n) is 5.11. The van der Waals surface area contributed by atoms with Crippen molar-refractivity contribution in [3.05, 3.63) is 75.7 Å². The number of pyridine rings is 1. The Kier molecular flexibility index (Phi) is 9.10. The van der Waals surface area contributed by atoms with Crippen molar-refractivity contribution in [1.29, 1.82) is 0 Å². The highest BCUT2D eigenvalue weighted by atomic mass is 35.5. The van der Waals surface area contributed by atoms with Crippen molar-refractivity contribution < 1.29 is 18.7 Å². The van der Waals surface area contributed by atoms with Crippen LogP contribution in [0.5, 0.6) is 5.75 Å². The molecule has 2 aromatic carbocycles. The van der Waals surface area contributed by atoms with Gasteiger partial charge in [0.2, 0.25) is 0 Å². The Balaban J connectivity index is 1.72. The molecule has 0 radical (unpaired) electrons. The molecule has 1 aromatic heterocycles. The molecule has 180 valence electrons. The van der Waals surface area contributed by atoms with E-state index in [1.807, 2.05) is 19.1 Å². The number of hydrogen-bond acceptors (Lipinski definition) is 5. The summed E-state index contributed by atoms with van der Waals surface area (Å²) in [5.41, 5.74) is 8.42. The van der Waals surface area contributed by atoms with Crippen LogP contribution < -0.4 is 15.8 Å². The standard InChI is InChI=1S/C25H26Cl2FN3O3/c1-3-33-12-4-11-30-25(32)17-7-5-16(6-8-17)18-13-21(24(29)31-14-18)34-15(2)22-19(26)9-10-20(28)23(22)27/h5-10,13-15H,3-4,11-12H2,1-2H3,(H2,29,31)(H,30,32). The quantitative estimate of drug-likeness (QED) is 0.257. The number of hydrogen-bond donors (Lipinski definition) is 2. The van der Waals surface area contributed by atoms with Crippen molar-refractivity contribution in [3.63, 3.8) is 0 Å². The van der Waals surface area contributed by atoms with E-state index in [1.165, 1.54) is 12.1 Å². The zero-order valence-corrected chi connectivity index (χ0v) is 20.4. The van der Waals surface area contributed by atoms with E-state index in [4.69, 9.17) is 38.4 Å². The van der Waals surface area contributed by atoms with Crippen LogP contribution in [0.1, 0.15) is 42.3 Å². The summed E-state index contributed by atoms with van der Waals surface area (Å²) < 4.78 is 25.1. The topological polar surface area (TPSA) is 86.5 Å². The van der Waals surface area contributed by atoms with Crippen molar-refractivity contribution in [3.8, 4) is 16.9 Å². The summed E-state index contributed by atoms with van der Waals surface area (Å²) in [7, 11) is 0. The molecule has 0 aliphatic heterocycles. The van der Waals surface area contributed by atoms with Gasteiger partial charge in [-0.05, 0) is 56.2 Å². The second-order valence-electron chi connectivity index (χ2n) is 7.51. The summed E-state index contributed by atoms with van der Waals surface area (Å²) >= 11 is 12.3. The summed E-state index contributed by atoms with van der Waals surface area (Å²) in [6, 6.07) is 11.4. The molecular formula is C25H26Cl2FN3O3. The lowest BCUT2D eigenvalue weighted by molar-refractivity contribution is 0.0944. The lowest BCUT2D eigenvalue weighted by atomic mass is 10.0. The van der Waals surface area contributed by atoms with Gasteiger partial charge >= 0.3 is 0 Å². The smallest absolute Gasteiger partial charge is 0.251 e. The average Bonchev–Trinajstić information content (AvgIpc) is 2.83. The number of nitrogens with two attached hydrogens (primary N) is 1. The maximum absolute atomic E-state index is 13.9. The number of anilines is 1. The molecule has 0 fully saturated rings. The van der Waals surface area contributed by atoms with Crippen molar-refractivity contribution >= 4 is 34.9 Å². The monoisotopic (exact) mass is 505 g/mol. The molecule has 1 unspecified atom stereocenters. The normalized spacial score (nSPS) is 11.8. The first-order valence-corrected chi connectivity index (χ1v) is 11.6. The predicted molar refractivity (Wildman–Crippen MR) is 133 cm³/mol. The summed E-state index contributed by atoms with van der Waals surface area (Å²) in [4.78, 5) is 16.5. The second kappa shape index (κ2) is 12.0. The van der Waals surface area contributed by atoms with E-state index < -0.39 is 11.9 Å². The number of nitrogens with one attached hydrogen (secondary N) is 1. The zero-order valence-electron chi connectivity index (χ0n) is 18.9. The largest absolute Gasteiger partial charge is 0.482 e. The number of halogens is 3. The molecule has 34 heavy (non-hydrogen) atoms. The van der Waals surface area contributed by atoms with E-state index in [1.54, 1.807) is 31.3 Å². The first-order valence-electron chi connectivity index (χ1n) is 10.8. The number of rotatable bonds is 10. The summed E-state index contributed by atoms with van der Waals surface area (Å²) in [5, 5.41) is 3.05. The van der Waals surface area contributed by atoms with Crippen LogP contribution in [0.4, 0.5) is 10.2 Å². The number of nitrogens with zero attached hydrogens (tertiary/aromatic N) is 1. The van der Waals surface area contributed by atoms with Gasteiger partial charge in [-0.15, -0.1) is 0 Å². The number of aromatic nitrogens is 1. The fourth-order valence-electron chi connectivity index (χ4n) is 3.31. The molecule has 0 aliphatic rings. The molecule has 1 atom stereocenters. The van der Waals surface area contributed by atoms with Gasteiger partial charge in [0.05, 0.1) is 5.02 Å². The highest BCUT2D eigenvalue weighted by molar-refractivity contribution is 6.36. The molecule has 3 rings (SSSR count). The number of amides is 1. The van der Waals surface area contributed by atoms with Gasteiger partial charge in [-0.1, -0.05) is 35.3 Å². The summed E-state index contributed by atoms with van der Waals surface area (Å²) in [5.74, 6) is -0.269. The SMILES string of the molecule is CCOCCCNC(=O)c1ccc(-c2cnc(N)c(OC(C)c3c(Cl)ccc(F)c3Cl)c2)cc1. The first-order chi connectivity index (χ1) is 16.3. The van der Waals surface area contributed by atoms with E-state index in [9.17, 15) is 9.18 Å². The predicted octanol–water partition coefficient (Wildman–Crippen LogP) is 6.07. The van der Waals surface area contributed by atoms with Crippen LogP contribution in [0, 0.1) is 5.82 Å². The second-order valence-corrected chi connectivity index (χ2v) is 8.29. The van der Waals surface area contributed by atoms with E-state index in [-0.39, 0.29) is 21.8 Å². The number of carbonyl (C=O) groups is 1. The van der Waals surface area contributed by atoms with Gasteiger partial charge in [-0.2, -0.15) is 0 Å². The Morgan fingerprint density at radius 2 is 1.91 bits per heavy atom. The Morgan fingerprint density at radius 3 is 2.62 bits per heavy atom. The Labute approximate surface area is 208 Å². The fraction of sp³-hybridized carbons (Fsp3) is 0.280. The maximum atomic E-state index is 13.9. The molecule has 0 saturated heterocycles. The lowest BCUT2D eigenvalue weighted by Crippen LogP contribution is -2.25. The molecular weight excluding hydrogens is 480 g/mol. The van der Waals surface area contributed by atoms with Gasteiger partial charge in [-0.3, -0.25) is 4.79 Å². The van der Waals surface area contributed by atoms with Gasteiger partial charge in [-0.25, -0.2) is 9.37 Å². The van der Waals surface area contributed by atoms with Crippen LogP contribution in [-0.4, -0.2) is 30.6 Å². The minimum Gasteiger partial charge on any atom is -0.482 e. The number of carbonyl (C=O) groups excluding carboxylic acids is 1. The third-order valence-corrected chi connectivity index (χ3v) is 5.82. The van der Waals surface area contributed by atoms with E-state index in [0.717, 1.165) is 17.5 Å².